The van der Waals surface area contributed by atoms with Crippen LogP contribution in [0, 0.1) is 5.92 Å². The Morgan fingerprint density at radius 1 is 1.35 bits per heavy atom. The van der Waals surface area contributed by atoms with Gasteiger partial charge < -0.3 is 15.5 Å². The molecule has 0 radical (unpaired) electrons. The average molecular weight is 281 g/mol. The normalized spacial score (nSPS) is 39.5. The molecule has 4 atom stereocenters. The van der Waals surface area contributed by atoms with Crippen LogP contribution in [0.2, 0.25) is 0 Å². The van der Waals surface area contributed by atoms with E-state index in [0.717, 1.165) is 45.1 Å². The zero-order chi connectivity index (χ0) is 14.9. The zero-order valence-electron chi connectivity index (χ0n) is 13.6. The van der Waals surface area contributed by atoms with Crippen LogP contribution in [-0.2, 0) is 4.79 Å². The molecule has 1 aliphatic heterocycles. The Kier molecular flexibility index (Phi) is 4.75. The van der Waals surface area contributed by atoms with Gasteiger partial charge in [0.1, 0.15) is 0 Å². The molecule has 1 amide bonds. The van der Waals surface area contributed by atoms with E-state index in [4.69, 9.17) is 5.73 Å². The highest BCUT2D eigenvalue weighted by Gasteiger charge is 2.41. The summed E-state index contributed by atoms with van der Waals surface area (Å²) in [5.41, 5.74) is 6.07. The summed E-state index contributed by atoms with van der Waals surface area (Å²) in [5, 5.41) is 0. The molecule has 2 aliphatic rings. The van der Waals surface area contributed by atoms with E-state index in [1.54, 1.807) is 0 Å². The van der Waals surface area contributed by atoms with Gasteiger partial charge in [0.2, 0.25) is 5.91 Å². The van der Waals surface area contributed by atoms with Crippen LogP contribution in [0.1, 0.15) is 52.4 Å². The Labute approximate surface area is 123 Å². The van der Waals surface area contributed by atoms with Crippen molar-refractivity contribution in [3.8, 4) is 0 Å². The minimum atomic E-state index is -0.319. The Bertz CT molecular complexity index is 356. The van der Waals surface area contributed by atoms with E-state index >= 15 is 0 Å². The number of hydrogen-bond acceptors (Lipinski definition) is 3. The van der Waals surface area contributed by atoms with E-state index in [1.807, 2.05) is 11.9 Å². The number of piperidine rings is 1. The molecule has 20 heavy (non-hydrogen) atoms. The molecule has 0 aromatic carbocycles. The number of likely N-dealkylation sites (tertiary alicyclic amines) is 1. The lowest BCUT2D eigenvalue weighted by atomic mass is 9.73. The molecule has 2 rings (SSSR count). The lowest BCUT2D eigenvalue weighted by Gasteiger charge is -2.44. The molecular formula is C16H31N3O. The third-order valence-corrected chi connectivity index (χ3v) is 5.63. The fourth-order valence-corrected chi connectivity index (χ4v) is 3.81. The molecule has 4 heteroatoms. The van der Waals surface area contributed by atoms with Crippen LogP contribution in [0.3, 0.4) is 0 Å². The summed E-state index contributed by atoms with van der Waals surface area (Å²) < 4.78 is 0. The summed E-state index contributed by atoms with van der Waals surface area (Å²) in [7, 11) is 4.15. The minimum Gasteiger partial charge on any atom is -0.342 e. The maximum Gasteiger partial charge on any atom is 0.227 e. The van der Waals surface area contributed by atoms with E-state index in [2.05, 4.69) is 25.8 Å². The van der Waals surface area contributed by atoms with Crippen molar-refractivity contribution in [3.05, 3.63) is 0 Å². The first-order chi connectivity index (χ1) is 9.33. The number of carbonyl (C=O) groups excluding carboxylic acids is 1. The highest BCUT2D eigenvalue weighted by molar-refractivity contribution is 5.80. The topological polar surface area (TPSA) is 49.6 Å². The quantitative estimate of drug-likeness (QED) is 0.840. The van der Waals surface area contributed by atoms with Gasteiger partial charge in [-0.3, -0.25) is 4.79 Å². The van der Waals surface area contributed by atoms with Crippen molar-refractivity contribution in [2.45, 2.75) is 70.0 Å². The summed E-state index contributed by atoms with van der Waals surface area (Å²) in [5.74, 6) is 0.285. The Morgan fingerprint density at radius 3 is 2.65 bits per heavy atom. The molecule has 0 bridgehead atoms. The third kappa shape index (κ3) is 3.17. The summed E-state index contributed by atoms with van der Waals surface area (Å²) in [4.78, 5) is 17.2. The van der Waals surface area contributed by atoms with Crippen molar-refractivity contribution >= 4 is 5.91 Å². The molecule has 2 fully saturated rings. The molecular weight excluding hydrogens is 250 g/mol. The van der Waals surface area contributed by atoms with Crippen LogP contribution in [0.15, 0.2) is 0 Å². The minimum absolute atomic E-state index is 0.0104. The predicted octanol–water partition coefficient (Wildman–Crippen LogP) is 1.84. The number of rotatable bonds is 2. The Hall–Kier alpha value is -0.610. The van der Waals surface area contributed by atoms with Crippen LogP contribution in [0.4, 0.5) is 0 Å². The maximum atomic E-state index is 12.8. The van der Waals surface area contributed by atoms with Gasteiger partial charge in [-0.15, -0.1) is 0 Å². The van der Waals surface area contributed by atoms with Gasteiger partial charge in [-0.2, -0.15) is 0 Å². The average Bonchev–Trinajstić information content (AvgIpc) is 2.40. The second kappa shape index (κ2) is 6.02. The Morgan fingerprint density at radius 2 is 2.05 bits per heavy atom. The molecule has 1 aliphatic carbocycles. The highest BCUT2D eigenvalue weighted by atomic mass is 16.2. The van der Waals surface area contributed by atoms with Gasteiger partial charge in [0.05, 0.1) is 5.92 Å². The standard InChI is InChI=1S/C16H31N3O/c1-12-11-13(8-10-18(12)3)19(4)15(20)14-7-5-6-9-16(14,2)17/h12-14H,5-11,17H2,1-4H3. The highest BCUT2D eigenvalue weighted by Crippen LogP contribution is 2.34. The van der Waals surface area contributed by atoms with E-state index < -0.39 is 0 Å². The molecule has 1 saturated carbocycles. The van der Waals surface area contributed by atoms with Gasteiger partial charge in [-0.25, -0.2) is 0 Å². The second-order valence-corrected chi connectivity index (χ2v) is 7.26. The first-order valence-corrected chi connectivity index (χ1v) is 8.08. The summed E-state index contributed by atoms with van der Waals surface area (Å²) >= 11 is 0. The van der Waals surface area contributed by atoms with Crippen molar-refractivity contribution in [3.63, 3.8) is 0 Å². The second-order valence-electron chi connectivity index (χ2n) is 7.26. The van der Waals surface area contributed by atoms with Gasteiger partial charge in [0.25, 0.3) is 0 Å². The smallest absolute Gasteiger partial charge is 0.227 e. The molecule has 2 N–H and O–H groups in total. The van der Waals surface area contributed by atoms with Crippen LogP contribution in [0.5, 0.6) is 0 Å². The van der Waals surface area contributed by atoms with E-state index in [9.17, 15) is 4.79 Å². The summed E-state index contributed by atoms with van der Waals surface area (Å²) in [6.45, 7) is 5.38. The third-order valence-electron chi connectivity index (χ3n) is 5.63. The monoisotopic (exact) mass is 281 g/mol. The van der Waals surface area contributed by atoms with Crippen molar-refractivity contribution in [2.75, 3.05) is 20.6 Å². The summed E-state index contributed by atoms with van der Waals surface area (Å²) in [6, 6.07) is 0.936. The lowest BCUT2D eigenvalue weighted by Crippen LogP contribution is -2.56. The largest absolute Gasteiger partial charge is 0.342 e. The lowest BCUT2D eigenvalue weighted by molar-refractivity contribution is -0.140. The first-order valence-electron chi connectivity index (χ1n) is 8.08. The summed E-state index contributed by atoms with van der Waals surface area (Å²) in [6.07, 6.45) is 6.38. The van der Waals surface area contributed by atoms with Gasteiger partial charge in [-0.1, -0.05) is 12.8 Å². The Balaban J connectivity index is 2.01. The number of nitrogens with two attached hydrogens (primary N) is 1. The van der Waals surface area contributed by atoms with Gasteiger partial charge in [-0.05, 0) is 46.6 Å². The van der Waals surface area contributed by atoms with E-state index in [0.29, 0.717) is 12.1 Å². The first kappa shape index (κ1) is 15.8. The number of amides is 1. The van der Waals surface area contributed by atoms with Crippen LogP contribution in [0.25, 0.3) is 0 Å². The predicted molar refractivity (Wildman–Crippen MR) is 82.4 cm³/mol. The van der Waals surface area contributed by atoms with Crippen molar-refractivity contribution in [1.29, 1.82) is 0 Å². The molecule has 0 aromatic heterocycles. The molecule has 1 heterocycles. The molecule has 116 valence electrons. The molecule has 0 aromatic rings. The van der Waals surface area contributed by atoms with Crippen LogP contribution >= 0.6 is 0 Å². The maximum absolute atomic E-state index is 12.8. The molecule has 1 saturated heterocycles. The fraction of sp³-hybridized carbons (Fsp3) is 0.938. The number of nitrogens with zero attached hydrogens (tertiary/aromatic N) is 2. The van der Waals surface area contributed by atoms with E-state index in [-0.39, 0.29) is 17.4 Å². The van der Waals surface area contributed by atoms with Crippen molar-refractivity contribution < 1.29 is 4.79 Å². The van der Waals surface area contributed by atoms with Crippen molar-refractivity contribution in [1.82, 2.24) is 9.80 Å². The van der Waals surface area contributed by atoms with Crippen LogP contribution in [-0.4, -0.2) is 54.0 Å². The molecule has 0 spiro atoms. The zero-order valence-corrected chi connectivity index (χ0v) is 13.6. The van der Waals surface area contributed by atoms with Gasteiger partial charge in [0.15, 0.2) is 0 Å². The SMILES string of the molecule is CC1CC(N(C)C(=O)C2CCCCC2(C)N)CCN1C. The van der Waals surface area contributed by atoms with Crippen LogP contribution < -0.4 is 5.73 Å². The van der Waals surface area contributed by atoms with E-state index in [1.165, 1.54) is 0 Å². The fourth-order valence-electron chi connectivity index (χ4n) is 3.81. The number of hydrogen-bond donors (Lipinski definition) is 1. The van der Waals surface area contributed by atoms with Gasteiger partial charge >= 0.3 is 0 Å². The van der Waals surface area contributed by atoms with Crippen molar-refractivity contribution in [2.24, 2.45) is 11.7 Å². The number of carbonyl (C=O) groups is 1. The molecule has 4 nitrogen and oxygen atoms in total. The molecule has 4 unspecified atom stereocenters. The van der Waals surface area contributed by atoms with Gasteiger partial charge in [0, 0.05) is 31.2 Å².